The number of carbonyl (C=O) groups is 1. The largest absolute Gasteiger partial charge is 0.334 e. The van der Waals surface area contributed by atoms with Gasteiger partial charge in [0.25, 0.3) is 11.5 Å². The second-order valence-corrected chi connectivity index (χ2v) is 6.36. The molecule has 0 atom stereocenters. The second-order valence-electron chi connectivity index (χ2n) is 5.45. The van der Waals surface area contributed by atoms with Gasteiger partial charge in [-0.3, -0.25) is 14.7 Å². The minimum Gasteiger partial charge on any atom is -0.334 e. The van der Waals surface area contributed by atoms with Gasteiger partial charge in [-0.1, -0.05) is 12.1 Å². The van der Waals surface area contributed by atoms with Crippen molar-refractivity contribution < 1.29 is 4.79 Å². The molecule has 0 saturated carbocycles. The molecule has 0 radical (unpaired) electrons. The Morgan fingerprint density at radius 1 is 1.33 bits per heavy atom. The first-order valence-corrected chi connectivity index (χ1v) is 8.15. The summed E-state index contributed by atoms with van der Waals surface area (Å²) < 4.78 is 0.593. The van der Waals surface area contributed by atoms with Gasteiger partial charge in [-0.05, 0) is 17.5 Å². The summed E-state index contributed by atoms with van der Waals surface area (Å²) in [6, 6.07) is 7.25. The lowest BCUT2D eigenvalue weighted by Crippen LogP contribution is -2.28. The molecule has 3 aromatic heterocycles. The van der Waals surface area contributed by atoms with Crippen LogP contribution >= 0.6 is 11.3 Å². The van der Waals surface area contributed by atoms with Crippen molar-refractivity contribution in [1.29, 1.82) is 0 Å². The van der Waals surface area contributed by atoms with E-state index in [-0.39, 0.29) is 18.0 Å². The number of benzene rings is 1. The van der Waals surface area contributed by atoms with Crippen LogP contribution in [0.2, 0.25) is 0 Å². The van der Waals surface area contributed by atoms with Crippen LogP contribution in [-0.2, 0) is 6.54 Å². The van der Waals surface area contributed by atoms with Gasteiger partial charge in [0.1, 0.15) is 10.5 Å². The van der Waals surface area contributed by atoms with E-state index in [1.54, 1.807) is 25.4 Å². The first kappa shape index (κ1) is 14.6. The highest BCUT2D eigenvalue weighted by Gasteiger charge is 2.17. The average molecular weight is 339 g/mol. The third kappa shape index (κ3) is 2.37. The van der Waals surface area contributed by atoms with Crippen LogP contribution in [0.3, 0.4) is 0 Å². The molecule has 24 heavy (non-hydrogen) atoms. The summed E-state index contributed by atoms with van der Waals surface area (Å²) in [6.45, 7) is 0.213. The van der Waals surface area contributed by atoms with Crippen LogP contribution in [-0.4, -0.2) is 38.0 Å². The van der Waals surface area contributed by atoms with Crippen LogP contribution in [0, 0.1) is 0 Å². The second kappa shape index (κ2) is 5.57. The van der Waals surface area contributed by atoms with E-state index in [1.807, 2.05) is 17.5 Å². The third-order valence-corrected chi connectivity index (χ3v) is 4.71. The highest BCUT2D eigenvalue weighted by atomic mass is 32.1. The predicted octanol–water partition coefficient (Wildman–Crippen LogP) is 2.13. The molecule has 0 bridgehead atoms. The Morgan fingerprint density at radius 3 is 3.08 bits per heavy atom. The molecule has 0 saturated heterocycles. The SMILES string of the molecule is CN(Cc1nc2ccsc2c(=O)[nH]1)C(=O)c1cccc2cn[nH]c12. The summed E-state index contributed by atoms with van der Waals surface area (Å²) in [5.74, 6) is 0.288. The molecule has 7 nitrogen and oxygen atoms in total. The zero-order valence-corrected chi connectivity index (χ0v) is 13.6. The normalized spacial score (nSPS) is 11.2. The van der Waals surface area contributed by atoms with E-state index in [2.05, 4.69) is 20.2 Å². The molecule has 4 aromatic rings. The van der Waals surface area contributed by atoms with Gasteiger partial charge >= 0.3 is 0 Å². The molecular formula is C16H13N5O2S. The van der Waals surface area contributed by atoms with E-state index in [4.69, 9.17) is 0 Å². The Bertz CT molecular complexity index is 1110. The number of nitrogens with one attached hydrogen (secondary N) is 2. The number of aromatic amines is 2. The number of para-hydroxylation sites is 1. The Labute approximate surface area is 140 Å². The molecule has 0 fully saturated rings. The van der Waals surface area contributed by atoms with Crippen molar-refractivity contribution in [2.24, 2.45) is 0 Å². The molecule has 0 unspecified atom stereocenters. The highest BCUT2D eigenvalue weighted by molar-refractivity contribution is 7.17. The Kier molecular flexibility index (Phi) is 3.39. The number of amides is 1. The Morgan fingerprint density at radius 2 is 2.21 bits per heavy atom. The van der Waals surface area contributed by atoms with E-state index in [1.165, 1.54) is 16.2 Å². The van der Waals surface area contributed by atoms with Gasteiger partial charge in [0.2, 0.25) is 0 Å². The molecule has 0 spiro atoms. The Balaban J connectivity index is 1.65. The van der Waals surface area contributed by atoms with Crippen LogP contribution in [0.5, 0.6) is 0 Å². The Hall–Kier alpha value is -3.00. The summed E-state index contributed by atoms with van der Waals surface area (Å²) in [5.41, 5.74) is 1.70. The van der Waals surface area contributed by atoms with Crippen LogP contribution < -0.4 is 5.56 Å². The number of hydrogen-bond donors (Lipinski definition) is 2. The number of hydrogen-bond acceptors (Lipinski definition) is 5. The highest BCUT2D eigenvalue weighted by Crippen LogP contribution is 2.18. The van der Waals surface area contributed by atoms with Gasteiger partial charge in [-0.25, -0.2) is 4.98 Å². The number of H-pyrrole nitrogens is 2. The van der Waals surface area contributed by atoms with Gasteiger partial charge in [-0.2, -0.15) is 5.10 Å². The minimum absolute atomic E-state index is 0.169. The van der Waals surface area contributed by atoms with E-state index in [0.29, 0.717) is 27.1 Å². The topological polar surface area (TPSA) is 94.7 Å². The molecule has 0 aliphatic rings. The summed E-state index contributed by atoms with van der Waals surface area (Å²) in [7, 11) is 1.68. The molecule has 2 N–H and O–H groups in total. The number of fused-ring (bicyclic) bond motifs is 2. The van der Waals surface area contributed by atoms with Crippen LogP contribution in [0.25, 0.3) is 21.1 Å². The predicted molar refractivity (Wildman–Crippen MR) is 92.1 cm³/mol. The van der Waals surface area contributed by atoms with Crippen LogP contribution in [0.4, 0.5) is 0 Å². The van der Waals surface area contributed by atoms with Crippen molar-refractivity contribution >= 4 is 38.4 Å². The number of rotatable bonds is 3. The molecule has 0 aliphatic carbocycles. The van der Waals surface area contributed by atoms with Crippen molar-refractivity contribution in [3.63, 3.8) is 0 Å². The zero-order valence-electron chi connectivity index (χ0n) is 12.7. The molecule has 1 aromatic carbocycles. The van der Waals surface area contributed by atoms with Gasteiger partial charge in [0, 0.05) is 12.4 Å². The average Bonchev–Trinajstić information content (AvgIpc) is 3.22. The van der Waals surface area contributed by atoms with Gasteiger partial charge in [0.15, 0.2) is 0 Å². The van der Waals surface area contributed by atoms with E-state index in [0.717, 1.165) is 5.39 Å². The summed E-state index contributed by atoms with van der Waals surface area (Å²) in [4.78, 5) is 33.4. The lowest BCUT2D eigenvalue weighted by molar-refractivity contribution is 0.0783. The number of carbonyl (C=O) groups excluding carboxylic acids is 1. The quantitative estimate of drug-likeness (QED) is 0.598. The number of thiophene rings is 1. The number of aromatic nitrogens is 4. The fraction of sp³-hybridized carbons (Fsp3) is 0.125. The van der Waals surface area contributed by atoms with Crippen molar-refractivity contribution in [1.82, 2.24) is 25.1 Å². The smallest absolute Gasteiger partial charge is 0.268 e. The molecule has 4 rings (SSSR count). The standard InChI is InChI=1S/C16H13N5O2S/c1-21(8-12-18-11-5-6-24-14(11)15(22)19-12)16(23)10-4-2-3-9-7-17-20-13(9)10/h2-7H,8H2,1H3,(H,17,20)(H,18,19,22). The molecular weight excluding hydrogens is 326 g/mol. The van der Waals surface area contributed by atoms with Crippen molar-refractivity contribution in [2.45, 2.75) is 6.54 Å². The summed E-state index contributed by atoms with van der Waals surface area (Å²) >= 11 is 1.35. The van der Waals surface area contributed by atoms with Gasteiger partial charge < -0.3 is 9.88 Å². The maximum absolute atomic E-state index is 12.7. The fourth-order valence-electron chi connectivity index (χ4n) is 2.65. The number of nitrogens with zero attached hydrogens (tertiary/aromatic N) is 3. The lowest BCUT2D eigenvalue weighted by Gasteiger charge is -2.17. The molecule has 1 amide bonds. The maximum Gasteiger partial charge on any atom is 0.268 e. The third-order valence-electron chi connectivity index (χ3n) is 3.80. The van der Waals surface area contributed by atoms with E-state index >= 15 is 0 Å². The zero-order chi connectivity index (χ0) is 16.7. The van der Waals surface area contributed by atoms with Crippen molar-refractivity contribution in [2.75, 3.05) is 7.05 Å². The lowest BCUT2D eigenvalue weighted by atomic mass is 10.1. The van der Waals surface area contributed by atoms with E-state index in [9.17, 15) is 9.59 Å². The molecule has 120 valence electrons. The van der Waals surface area contributed by atoms with Crippen LogP contribution in [0.1, 0.15) is 16.2 Å². The maximum atomic E-state index is 12.7. The molecule has 0 aliphatic heterocycles. The summed E-state index contributed by atoms with van der Waals surface area (Å²) in [6.07, 6.45) is 1.68. The molecule has 3 heterocycles. The van der Waals surface area contributed by atoms with Gasteiger partial charge in [-0.15, -0.1) is 11.3 Å². The van der Waals surface area contributed by atoms with E-state index < -0.39 is 0 Å². The van der Waals surface area contributed by atoms with Crippen molar-refractivity contribution in [3.8, 4) is 0 Å². The van der Waals surface area contributed by atoms with Crippen molar-refractivity contribution in [3.05, 3.63) is 57.6 Å². The van der Waals surface area contributed by atoms with Gasteiger partial charge in [0.05, 0.1) is 29.3 Å². The van der Waals surface area contributed by atoms with Crippen LogP contribution in [0.15, 0.2) is 40.6 Å². The minimum atomic E-state index is -0.179. The summed E-state index contributed by atoms with van der Waals surface area (Å²) in [5, 5.41) is 9.52. The molecule has 8 heteroatoms. The first-order valence-electron chi connectivity index (χ1n) is 7.27. The first-order chi connectivity index (χ1) is 11.6. The fourth-order valence-corrected chi connectivity index (χ4v) is 3.37. The monoisotopic (exact) mass is 339 g/mol.